The number of rotatable bonds is 10. The van der Waals surface area contributed by atoms with E-state index in [1.807, 2.05) is 69.3 Å². The van der Waals surface area contributed by atoms with Crippen molar-refractivity contribution in [2.45, 2.75) is 45.7 Å². The molecule has 0 bridgehead atoms. The number of hydrogen-bond acceptors (Lipinski definition) is 4. The van der Waals surface area contributed by atoms with Crippen molar-refractivity contribution in [2.75, 3.05) is 6.61 Å². The van der Waals surface area contributed by atoms with E-state index in [2.05, 4.69) is 10.0 Å². The van der Waals surface area contributed by atoms with Gasteiger partial charge in [0.2, 0.25) is 10.0 Å². The summed E-state index contributed by atoms with van der Waals surface area (Å²) >= 11 is 0. The SMILES string of the molecule is CCOc1ccccc1CNCc1ccc(CS(=O)(=O)NC(C)C)cc1. The monoisotopic (exact) mass is 376 g/mol. The van der Waals surface area contributed by atoms with Crippen molar-refractivity contribution in [1.82, 2.24) is 10.0 Å². The molecule has 0 heterocycles. The predicted molar refractivity (Wildman–Crippen MR) is 105 cm³/mol. The lowest BCUT2D eigenvalue weighted by Crippen LogP contribution is -2.31. The van der Waals surface area contributed by atoms with Crippen LogP contribution in [0, 0.1) is 0 Å². The molecule has 0 spiro atoms. The molecule has 0 amide bonds. The third kappa shape index (κ3) is 6.78. The number of nitrogens with one attached hydrogen (secondary N) is 2. The smallest absolute Gasteiger partial charge is 0.216 e. The second kappa shape index (κ2) is 9.71. The minimum absolute atomic E-state index is 0.000616. The summed E-state index contributed by atoms with van der Waals surface area (Å²) in [6.45, 7) is 7.67. The highest BCUT2D eigenvalue weighted by molar-refractivity contribution is 7.88. The maximum Gasteiger partial charge on any atom is 0.216 e. The molecule has 2 aromatic rings. The standard InChI is InChI=1S/C20H28N2O3S/c1-4-25-20-8-6-5-7-19(20)14-21-13-17-9-11-18(12-10-17)15-26(23,24)22-16(2)3/h5-12,16,21-22H,4,13-15H2,1-3H3. The van der Waals surface area contributed by atoms with Gasteiger partial charge in [0.25, 0.3) is 0 Å². The summed E-state index contributed by atoms with van der Waals surface area (Å²) in [5.74, 6) is 0.904. The van der Waals surface area contributed by atoms with Gasteiger partial charge in [0.15, 0.2) is 0 Å². The van der Waals surface area contributed by atoms with Crippen molar-refractivity contribution in [3.05, 3.63) is 65.2 Å². The summed E-state index contributed by atoms with van der Waals surface area (Å²) in [5, 5.41) is 3.40. The Bertz CT molecular complexity index is 787. The van der Waals surface area contributed by atoms with E-state index in [0.29, 0.717) is 19.7 Å². The van der Waals surface area contributed by atoms with Crippen LogP contribution in [-0.2, 0) is 28.9 Å². The highest BCUT2D eigenvalue weighted by Crippen LogP contribution is 2.17. The molecule has 0 aliphatic carbocycles. The van der Waals surface area contributed by atoms with Gasteiger partial charge >= 0.3 is 0 Å². The molecule has 0 saturated carbocycles. The zero-order chi connectivity index (χ0) is 19.0. The summed E-state index contributed by atoms with van der Waals surface area (Å²) < 4.78 is 32.2. The van der Waals surface area contributed by atoms with Crippen molar-refractivity contribution < 1.29 is 13.2 Å². The van der Waals surface area contributed by atoms with Gasteiger partial charge in [0.1, 0.15) is 5.75 Å². The fraction of sp³-hybridized carbons (Fsp3) is 0.400. The molecule has 6 heteroatoms. The van der Waals surface area contributed by atoms with E-state index in [1.165, 1.54) is 0 Å². The number of benzene rings is 2. The number of hydrogen-bond donors (Lipinski definition) is 2. The Labute approximate surface area is 156 Å². The third-order valence-corrected chi connectivity index (χ3v) is 5.26. The Kier molecular flexibility index (Phi) is 7.63. The second-order valence-electron chi connectivity index (χ2n) is 6.49. The Hall–Kier alpha value is -1.89. The number of para-hydroxylation sites is 1. The summed E-state index contributed by atoms with van der Waals surface area (Å²) in [7, 11) is -3.29. The highest BCUT2D eigenvalue weighted by atomic mass is 32.2. The van der Waals surface area contributed by atoms with Crippen LogP contribution in [0.5, 0.6) is 5.75 Å². The summed E-state index contributed by atoms with van der Waals surface area (Å²) in [5.41, 5.74) is 3.01. The normalized spacial score (nSPS) is 11.7. The molecule has 26 heavy (non-hydrogen) atoms. The van der Waals surface area contributed by atoms with E-state index in [4.69, 9.17) is 4.74 Å². The average molecular weight is 377 g/mol. The molecule has 2 aromatic carbocycles. The van der Waals surface area contributed by atoms with Crippen LogP contribution in [0.4, 0.5) is 0 Å². The Morgan fingerprint density at radius 2 is 1.62 bits per heavy atom. The minimum Gasteiger partial charge on any atom is -0.494 e. The first-order chi connectivity index (χ1) is 12.4. The molecule has 0 fully saturated rings. The van der Waals surface area contributed by atoms with E-state index in [9.17, 15) is 8.42 Å². The fourth-order valence-corrected chi connectivity index (χ4v) is 4.09. The van der Waals surface area contributed by atoms with Gasteiger partial charge in [-0.25, -0.2) is 13.1 Å². The first-order valence-corrected chi connectivity index (χ1v) is 10.5. The van der Waals surface area contributed by atoms with Crippen LogP contribution in [0.25, 0.3) is 0 Å². The number of ether oxygens (including phenoxy) is 1. The molecule has 0 radical (unpaired) electrons. The second-order valence-corrected chi connectivity index (χ2v) is 8.25. The van der Waals surface area contributed by atoms with Crippen molar-refractivity contribution >= 4 is 10.0 Å². The summed E-state index contributed by atoms with van der Waals surface area (Å²) in [4.78, 5) is 0. The Morgan fingerprint density at radius 1 is 0.962 bits per heavy atom. The van der Waals surface area contributed by atoms with E-state index in [0.717, 1.165) is 22.4 Å². The summed E-state index contributed by atoms with van der Waals surface area (Å²) in [6, 6.07) is 15.5. The van der Waals surface area contributed by atoms with Crippen molar-refractivity contribution in [3.63, 3.8) is 0 Å². The van der Waals surface area contributed by atoms with E-state index >= 15 is 0 Å². The van der Waals surface area contributed by atoms with E-state index in [1.54, 1.807) is 0 Å². The zero-order valence-corrected chi connectivity index (χ0v) is 16.5. The van der Waals surface area contributed by atoms with Crippen molar-refractivity contribution in [2.24, 2.45) is 0 Å². The predicted octanol–water partition coefficient (Wildman–Crippen LogP) is 3.20. The molecule has 2 N–H and O–H groups in total. The largest absolute Gasteiger partial charge is 0.494 e. The first-order valence-electron chi connectivity index (χ1n) is 8.89. The van der Waals surface area contributed by atoms with Crippen LogP contribution < -0.4 is 14.8 Å². The lowest BCUT2D eigenvalue weighted by atomic mass is 10.1. The van der Waals surface area contributed by atoms with Gasteiger partial charge in [-0.1, -0.05) is 42.5 Å². The molecular formula is C20H28N2O3S. The van der Waals surface area contributed by atoms with Crippen LogP contribution in [-0.4, -0.2) is 21.1 Å². The van der Waals surface area contributed by atoms with Gasteiger partial charge in [-0.3, -0.25) is 0 Å². The van der Waals surface area contributed by atoms with Crippen LogP contribution in [0.3, 0.4) is 0 Å². The van der Waals surface area contributed by atoms with Gasteiger partial charge in [0, 0.05) is 24.7 Å². The molecule has 0 aliphatic heterocycles. The zero-order valence-electron chi connectivity index (χ0n) is 15.7. The minimum atomic E-state index is -3.29. The molecule has 0 aromatic heterocycles. The van der Waals surface area contributed by atoms with Gasteiger partial charge in [-0.05, 0) is 38.0 Å². The molecule has 142 valence electrons. The van der Waals surface area contributed by atoms with Crippen LogP contribution in [0.2, 0.25) is 0 Å². The maximum absolute atomic E-state index is 12.0. The lowest BCUT2D eigenvalue weighted by Gasteiger charge is -2.12. The Balaban J connectivity index is 1.88. The molecule has 5 nitrogen and oxygen atoms in total. The van der Waals surface area contributed by atoms with Crippen LogP contribution >= 0.6 is 0 Å². The van der Waals surface area contributed by atoms with Crippen molar-refractivity contribution in [1.29, 1.82) is 0 Å². The van der Waals surface area contributed by atoms with Gasteiger partial charge in [-0.15, -0.1) is 0 Å². The van der Waals surface area contributed by atoms with Crippen molar-refractivity contribution in [3.8, 4) is 5.75 Å². The third-order valence-electron chi connectivity index (χ3n) is 3.71. The molecule has 0 unspecified atom stereocenters. The Morgan fingerprint density at radius 3 is 2.27 bits per heavy atom. The van der Waals surface area contributed by atoms with E-state index in [-0.39, 0.29) is 11.8 Å². The summed E-state index contributed by atoms with van der Waals surface area (Å²) in [6.07, 6.45) is 0. The maximum atomic E-state index is 12.0. The number of sulfonamides is 1. The highest BCUT2D eigenvalue weighted by Gasteiger charge is 2.12. The quantitative estimate of drug-likeness (QED) is 0.668. The van der Waals surface area contributed by atoms with E-state index < -0.39 is 10.0 Å². The molecule has 0 atom stereocenters. The fourth-order valence-electron chi connectivity index (χ4n) is 2.66. The topological polar surface area (TPSA) is 67.4 Å². The molecular weight excluding hydrogens is 348 g/mol. The average Bonchev–Trinajstić information content (AvgIpc) is 2.57. The molecule has 2 rings (SSSR count). The first kappa shape index (κ1) is 20.4. The van der Waals surface area contributed by atoms with Crippen LogP contribution in [0.15, 0.2) is 48.5 Å². The molecule has 0 aliphatic rings. The molecule has 0 saturated heterocycles. The van der Waals surface area contributed by atoms with Gasteiger partial charge in [0.05, 0.1) is 12.4 Å². The lowest BCUT2D eigenvalue weighted by molar-refractivity contribution is 0.335. The van der Waals surface area contributed by atoms with Gasteiger partial charge < -0.3 is 10.1 Å². The van der Waals surface area contributed by atoms with Gasteiger partial charge in [-0.2, -0.15) is 0 Å². The van der Waals surface area contributed by atoms with Crippen LogP contribution in [0.1, 0.15) is 37.5 Å².